The third-order valence-electron chi connectivity index (χ3n) is 7.26. The van der Waals surface area contributed by atoms with E-state index in [9.17, 15) is 36.3 Å². The van der Waals surface area contributed by atoms with Crippen LogP contribution < -0.4 is 16.1 Å². The Balaban J connectivity index is 1.45. The van der Waals surface area contributed by atoms with E-state index in [-0.39, 0.29) is 61.6 Å². The van der Waals surface area contributed by atoms with E-state index < -0.39 is 40.5 Å². The number of anilines is 1. The fraction of sp³-hybridized carbons (Fsp3) is 0.310. The highest BCUT2D eigenvalue weighted by Crippen LogP contribution is 2.29. The third kappa shape index (κ3) is 5.62. The summed E-state index contributed by atoms with van der Waals surface area (Å²) in [5.41, 5.74) is -1.70. The van der Waals surface area contributed by atoms with Gasteiger partial charge in [-0.1, -0.05) is 12.0 Å². The first-order chi connectivity index (χ1) is 20.4. The maximum absolute atomic E-state index is 13.8. The van der Waals surface area contributed by atoms with Gasteiger partial charge in [-0.15, -0.1) is 5.92 Å². The topological polar surface area (TPSA) is 85.4 Å². The van der Waals surface area contributed by atoms with Crippen LogP contribution in [-0.2, 0) is 26.3 Å². The van der Waals surface area contributed by atoms with E-state index in [0.717, 1.165) is 41.0 Å². The minimum absolute atomic E-state index is 0.0612. The number of piperazine rings is 1. The molecule has 4 aromatic rings. The zero-order chi connectivity index (χ0) is 31.1. The van der Waals surface area contributed by atoms with Crippen molar-refractivity contribution in [2.75, 3.05) is 31.1 Å². The van der Waals surface area contributed by atoms with E-state index in [0.29, 0.717) is 5.95 Å². The molecule has 0 saturated carbocycles. The van der Waals surface area contributed by atoms with Gasteiger partial charge in [0, 0.05) is 38.8 Å². The molecule has 5 rings (SSSR count). The summed E-state index contributed by atoms with van der Waals surface area (Å²) in [5, 5.41) is 0. The van der Waals surface area contributed by atoms with Crippen LogP contribution in [0, 0.1) is 23.5 Å². The molecule has 1 aliphatic rings. The molecule has 0 N–H and O–H groups in total. The van der Waals surface area contributed by atoms with E-state index in [1.54, 1.807) is 11.5 Å². The van der Waals surface area contributed by atoms with Crippen molar-refractivity contribution in [2.24, 2.45) is 7.05 Å². The minimum atomic E-state index is -4.51. The predicted octanol–water partition coefficient (Wildman–Crippen LogP) is 3.23. The largest absolute Gasteiger partial charge is 0.416 e. The summed E-state index contributed by atoms with van der Waals surface area (Å²) < 4.78 is 69.6. The highest BCUT2D eigenvalue weighted by molar-refractivity contribution is 5.94. The van der Waals surface area contributed by atoms with Gasteiger partial charge in [-0.2, -0.15) is 18.2 Å². The lowest BCUT2D eigenvalue weighted by Crippen LogP contribution is -2.49. The number of benzene rings is 2. The molecule has 1 fully saturated rings. The van der Waals surface area contributed by atoms with Gasteiger partial charge in [0.05, 0.1) is 18.7 Å². The van der Waals surface area contributed by atoms with Gasteiger partial charge in [0.25, 0.3) is 11.5 Å². The molecular formula is C29H25F5N6O3. The Labute approximate surface area is 241 Å². The van der Waals surface area contributed by atoms with Crippen LogP contribution in [0.4, 0.5) is 27.9 Å². The fourth-order valence-corrected chi connectivity index (χ4v) is 4.96. The molecular weight excluding hydrogens is 575 g/mol. The van der Waals surface area contributed by atoms with E-state index in [4.69, 9.17) is 0 Å². The minimum Gasteiger partial charge on any atom is -0.339 e. The lowest BCUT2D eigenvalue weighted by Gasteiger charge is -2.35. The average molecular weight is 601 g/mol. The van der Waals surface area contributed by atoms with Crippen LogP contribution in [0.3, 0.4) is 0 Å². The van der Waals surface area contributed by atoms with Crippen LogP contribution in [0.15, 0.2) is 52.1 Å². The SMILES string of the molecule is CC#CCn1c(N2CCN(C(=O)c3ccc(C(F)(F)F)cc3)CC2)nc2c1c(=O)n(Cc1ccc(F)c(F)c1)c(=O)n2C. The van der Waals surface area contributed by atoms with Crippen LogP contribution in [0.1, 0.15) is 28.4 Å². The van der Waals surface area contributed by atoms with Gasteiger partial charge < -0.3 is 9.80 Å². The lowest BCUT2D eigenvalue weighted by atomic mass is 10.1. The van der Waals surface area contributed by atoms with Crippen LogP contribution in [0.5, 0.6) is 0 Å². The van der Waals surface area contributed by atoms with Crippen molar-refractivity contribution < 1.29 is 26.7 Å². The van der Waals surface area contributed by atoms with Gasteiger partial charge >= 0.3 is 11.9 Å². The van der Waals surface area contributed by atoms with Crippen LogP contribution in [-0.4, -0.2) is 55.7 Å². The summed E-state index contributed by atoms with van der Waals surface area (Å²) in [5.74, 6) is 3.44. The maximum Gasteiger partial charge on any atom is 0.416 e. The summed E-state index contributed by atoms with van der Waals surface area (Å²) in [6.07, 6.45) is -4.51. The molecule has 2 aromatic carbocycles. The van der Waals surface area contributed by atoms with Crippen LogP contribution >= 0.6 is 0 Å². The Morgan fingerprint density at radius 3 is 2.23 bits per heavy atom. The summed E-state index contributed by atoms with van der Waals surface area (Å²) in [7, 11) is 1.44. The zero-order valence-electron chi connectivity index (χ0n) is 23.1. The van der Waals surface area contributed by atoms with Crippen molar-refractivity contribution in [2.45, 2.75) is 26.2 Å². The van der Waals surface area contributed by atoms with Crippen molar-refractivity contribution in [3.8, 4) is 11.8 Å². The Morgan fingerprint density at radius 1 is 0.953 bits per heavy atom. The van der Waals surface area contributed by atoms with Gasteiger partial charge in [-0.05, 0) is 48.9 Å². The van der Waals surface area contributed by atoms with Crippen molar-refractivity contribution in [3.05, 3.63) is 91.6 Å². The first kappa shape index (κ1) is 29.6. The summed E-state index contributed by atoms with van der Waals surface area (Å²) in [4.78, 5) is 47.7. The Bertz CT molecular complexity index is 1890. The number of carbonyl (C=O) groups is 1. The fourth-order valence-electron chi connectivity index (χ4n) is 4.96. The number of aryl methyl sites for hydroxylation is 1. The monoisotopic (exact) mass is 600 g/mol. The summed E-state index contributed by atoms with van der Waals surface area (Å²) in [6, 6.07) is 7.14. The molecule has 0 unspecified atom stereocenters. The number of amides is 1. The predicted molar refractivity (Wildman–Crippen MR) is 148 cm³/mol. The van der Waals surface area contributed by atoms with E-state index in [2.05, 4.69) is 16.8 Å². The molecule has 1 amide bonds. The molecule has 1 aliphatic heterocycles. The lowest BCUT2D eigenvalue weighted by molar-refractivity contribution is -0.137. The van der Waals surface area contributed by atoms with Gasteiger partial charge in [0.1, 0.15) is 0 Å². The first-order valence-electron chi connectivity index (χ1n) is 13.2. The van der Waals surface area contributed by atoms with E-state index in [1.807, 2.05) is 4.90 Å². The molecule has 14 heteroatoms. The van der Waals surface area contributed by atoms with Crippen molar-refractivity contribution in [1.82, 2.24) is 23.6 Å². The zero-order valence-corrected chi connectivity index (χ0v) is 23.1. The number of imidazole rings is 1. The second-order valence-corrected chi connectivity index (χ2v) is 9.93. The second kappa shape index (κ2) is 11.4. The Kier molecular flexibility index (Phi) is 7.83. The molecule has 9 nitrogen and oxygen atoms in total. The molecule has 224 valence electrons. The molecule has 0 bridgehead atoms. The average Bonchev–Trinajstić information content (AvgIpc) is 3.38. The number of hydrogen-bond donors (Lipinski definition) is 0. The Morgan fingerprint density at radius 2 is 1.63 bits per heavy atom. The number of carbonyl (C=O) groups excluding carboxylic acids is 1. The number of aromatic nitrogens is 4. The van der Waals surface area contributed by atoms with Crippen LogP contribution in [0.2, 0.25) is 0 Å². The summed E-state index contributed by atoms with van der Waals surface area (Å²) >= 11 is 0. The molecule has 2 aromatic heterocycles. The van der Waals surface area contributed by atoms with E-state index in [1.165, 1.54) is 22.6 Å². The number of rotatable bonds is 5. The molecule has 0 radical (unpaired) electrons. The number of hydrogen-bond acceptors (Lipinski definition) is 5. The van der Waals surface area contributed by atoms with Crippen LogP contribution in [0.25, 0.3) is 11.2 Å². The quantitative estimate of drug-likeness (QED) is 0.260. The number of alkyl halides is 3. The van der Waals surface area contributed by atoms with Gasteiger partial charge in [-0.3, -0.25) is 23.3 Å². The van der Waals surface area contributed by atoms with Crippen molar-refractivity contribution in [3.63, 3.8) is 0 Å². The number of halogens is 5. The Hall–Kier alpha value is -4.93. The van der Waals surface area contributed by atoms with Crippen molar-refractivity contribution >= 4 is 23.0 Å². The molecule has 1 saturated heterocycles. The normalized spacial score (nSPS) is 13.7. The third-order valence-corrected chi connectivity index (χ3v) is 7.26. The van der Waals surface area contributed by atoms with Crippen molar-refractivity contribution in [1.29, 1.82) is 0 Å². The molecule has 0 atom stereocenters. The molecule has 3 heterocycles. The molecule has 0 spiro atoms. The first-order valence-corrected chi connectivity index (χ1v) is 13.2. The highest BCUT2D eigenvalue weighted by atomic mass is 19.4. The molecule has 0 aliphatic carbocycles. The highest BCUT2D eigenvalue weighted by Gasteiger charge is 2.31. The van der Waals surface area contributed by atoms with E-state index >= 15 is 0 Å². The number of nitrogens with zero attached hydrogens (tertiary/aromatic N) is 6. The second-order valence-electron chi connectivity index (χ2n) is 9.93. The smallest absolute Gasteiger partial charge is 0.339 e. The number of fused-ring (bicyclic) bond motifs is 1. The van der Waals surface area contributed by atoms with Gasteiger partial charge in [0.15, 0.2) is 22.8 Å². The maximum atomic E-state index is 13.8. The molecule has 43 heavy (non-hydrogen) atoms. The standard InChI is InChI=1S/C29H25F5N6O3/c1-3-4-11-39-23-24(36(2)28(43)40(26(23)42)17-18-5-10-21(30)22(31)16-18)35-27(39)38-14-12-37(13-15-38)25(41)19-6-8-20(9-7-19)29(32,33)34/h5-10,16H,11-15,17H2,1-2H3. The van der Waals surface area contributed by atoms with Gasteiger partial charge in [-0.25, -0.2) is 13.6 Å². The van der Waals surface area contributed by atoms with Gasteiger partial charge in [0.2, 0.25) is 5.95 Å². The summed E-state index contributed by atoms with van der Waals surface area (Å²) in [6.45, 7) is 2.40.